The van der Waals surface area contributed by atoms with Gasteiger partial charge in [-0.25, -0.2) is 29.5 Å². The quantitative estimate of drug-likeness (QED) is 0.0511. The molecule has 21 nitrogen and oxygen atoms in total. The molecule has 0 radical (unpaired) electrons. The van der Waals surface area contributed by atoms with E-state index in [0.717, 1.165) is 66.8 Å². The first-order valence-electron chi connectivity index (χ1n) is 47.0. The summed E-state index contributed by atoms with van der Waals surface area (Å²) in [5.41, 5.74) is 11.4. The first-order chi connectivity index (χ1) is 72.0. The summed E-state index contributed by atoms with van der Waals surface area (Å²) >= 11 is 0. The molecule has 0 spiro atoms. The molecule has 0 aliphatic carbocycles. The lowest BCUT2D eigenvalue weighted by Gasteiger charge is -2.40. The molecule has 1 aromatic heterocycles. The van der Waals surface area contributed by atoms with Crippen molar-refractivity contribution in [1.29, 1.82) is 15.8 Å². The van der Waals surface area contributed by atoms with Crippen LogP contribution in [0.3, 0.4) is 0 Å². The average molecular weight is 1900 g/mol. The molecule has 0 saturated heterocycles. The van der Waals surface area contributed by atoms with Crippen LogP contribution < -0.4 is 43.1 Å². The second kappa shape index (κ2) is 38.0. The molecular formula is C126H78N12O9. The van der Waals surface area contributed by atoms with Crippen molar-refractivity contribution in [3.05, 3.63) is 553 Å². The summed E-state index contributed by atoms with van der Waals surface area (Å²) in [6.45, 7) is 31.0. The van der Waals surface area contributed by atoms with Gasteiger partial charge in [0.2, 0.25) is 11.4 Å². The van der Waals surface area contributed by atoms with E-state index >= 15 is 14.4 Å². The van der Waals surface area contributed by atoms with Crippen LogP contribution in [0.4, 0.5) is 34.1 Å². The summed E-state index contributed by atoms with van der Waals surface area (Å²) in [7, 11) is 0. The Labute approximate surface area is 846 Å². The largest absolute Gasteiger partial charge is 0.459 e. The molecule has 0 bridgehead atoms. The van der Waals surface area contributed by atoms with Gasteiger partial charge in [0.1, 0.15) is 91.7 Å². The number of hydrogen-bond donors (Lipinski definition) is 0. The highest BCUT2D eigenvalue weighted by Crippen LogP contribution is 2.57. The molecular weight excluding hydrogens is 1830 g/mol. The molecule has 4 heterocycles. The van der Waals surface area contributed by atoms with Crippen LogP contribution in [0.2, 0.25) is 0 Å². The minimum absolute atomic E-state index is 0.00688. The molecule has 0 fully saturated rings. The number of aromatic nitrogens is 3. The van der Waals surface area contributed by atoms with E-state index in [2.05, 4.69) is 32.7 Å². The van der Waals surface area contributed by atoms with Gasteiger partial charge in [-0.2, -0.15) is 15.8 Å². The zero-order valence-electron chi connectivity index (χ0n) is 78.9. The molecule has 147 heavy (non-hydrogen) atoms. The highest BCUT2D eigenvalue weighted by molar-refractivity contribution is 6.16. The summed E-state index contributed by atoms with van der Waals surface area (Å²) in [6.07, 6.45) is 0. The number of aryl methyl sites for hydroxylation is 3. The van der Waals surface area contributed by atoms with Crippen LogP contribution in [0.5, 0.6) is 69.0 Å². The fraction of sp³-hybridized carbons (Fsp3) is 0.0476. The van der Waals surface area contributed by atoms with Gasteiger partial charge >= 0.3 is 0 Å². The molecule has 22 rings (SSSR count). The molecule has 21 heteroatoms. The molecule has 0 N–H and O–H groups in total. The standard InChI is InChI=1S/C126H78N12O9/c1-79-34-49-100(70-82(79)76-127)142-94-52-37-85(38-53-94)124(112-31-19-16-28-107(112)121(139)136(124)91-22-10-7-11-23-91)89-45-60-98(61-46-89)146-104-65-68-110(116(74-104)131-5)119-133-118(106-67-64-102(72-84(106)78-129)144-96-56-41-87(42-57-96)126(88-43-58-97(59-44-88)145-103-51-36-81(3)115(73-103)130-4)114-33-21-18-30-109(114)123(141)138(126)93-26-14-9-15-27-93)134-120(135-119)111-69-66-105(75-117(111)132-6)147-99-62-47-90(48-63-99)125(86-39-54-95(55-40-86)143-101-50-35-80(2)83(71-101)77-128)113-32-20-17-29-108(113)122(140)137(125)92-24-12-8-13-25-92/h7-75H,1-3H3. The van der Waals surface area contributed by atoms with Gasteiger partial charge in [-0.05, 0) is 294 Å². The van der Waals surface area contributed by atoms with Crippen molar-refractivity contribution in [2.24, 2.45) is 0 Å². The third-order valence-corrected chi connectivity index (χ3v) is 27.0. The summed E-state index contributed by atoms with van der Waals surface area (Å²) in [5, 5.41) is 31.1. The Hall–Kier alpha value is -20.9. The van der Waals surface area contributed by atoms with E-state index in [4.69, 9.17) is 63.1 Å². The van der Waals surface area contributed by atoms with Crippen LogP contribution in [0.25, 0.3) is 48.7 Å². The molecule has 3 unspecified atom stereocenters. The van der Waals surface area contributed by atoms with E-state index in [1.165, 1.54) is 0 Å². The highest BCUT2D eigenvalue weighted by atomic mass is 16.5. The van der Waals surface area contributed by atoms with E-state index in [1.54, 1.807) is 72.8 Å². The van der Waals surface area contributed by atoms with Crippen LogP contribution >= 0.6 is 0 Å². The Morgan fingerprint density at radius 1 is 0.238 bits per heavy atom. The number of ether oxygens (including phenoxy) is 6. The van der Waals surface area contributed by atoms with Gasteiger partial charge < -0.3 is 28.4 Å². The lowest BCUT2D eigenvalue weighted by atomic mass is 9.76. The van der Waals surface area contributed by atoms with E-state index in [-0.39, 0.29) is 86.1 Å². The number of amides is 3. The fourth-order valence-corrected chi connectivity index (χ4v) is 20.1. The van der Waals surface area contributed by atoms with Gasteiger partial charge in [-0.15, -0.1) is 0 Å². The number of benzene rings is 18. The Bertz CT molecular complexity index is 7980. The molecule has 18 aromatic carbocycles. The number of carbonyl (C=O) groups excluding carboxylic acids is 3. The second-order valence-electron chi connectivity index (χ2n) is 35.4. The number of carbonyl (C=O) groups is 3. The smallest absolute Gasteiger partial charge is 0.260 e. The zero-order valence-corrected chi connectivity index (χ0v) is 78.9. The lowest BCUT2D eigenvalue weighted by Crippen LogP contribution is -2.46. The van der Waals surface area contributed by atoms with Crippen molar-refractivity contribution in [2.45, 2.75) is 37.4 Å². The summed E-state index contributed by atoms with van der Waals surface area (Å²) in [4.78, 5) is 78.0. The first-order valence-corrected chi connectivity index (χ1v) is 47.0. The normalized spacial score (nSPS) is 15.1. The van der Waals surface area contributed by atoms with Crippen molar-refractivity contribution < 1.29 is 42.8 Å². The average Bonchev–Trinajstić information content (AvgIpc) is 1.55. The van der Waals surface area contributed by atoms with Crippen molar-refractivity contribution in [3.8, 4) is 121 Å². The molecule has 19 aromatic rings. The number of rotatable bonds is 24. The number of fused-ring (bicyclic) bond motifs is 3. The predicted molar refractivity (Wildman–Crippen MR) is 560 cm³/mol. The summed E-state index contributed by atoms with van der Waals surface area (Å²) in [5.74, 6) is 4.45. The van der Waals surface area contributed by atoms with E-state index in [0.29, 0.717) is 102 Å². The van der Waals surface area contributed by atoms with Crippen LogP contribution in [0, 0.1) is 74.5 Å². The summed E-state index contributed by atoms with van der Waals surface area (Å²) in [6, 6.07) is 134. The van der Waals surface area contributed by atoms with E-state index in [1.807, 2.05) is 381 Å². The van der Waals surface area contributed by atoms with Crippen molar-refractivity contribution in [1.82, 2.24) is 15.0 Å². The molecule has 0 saturated carbocycles. The summed E-state index contributed by atoms with van der Waals surface area (Å²) < 4.78 is 39.1. The predicted octanol–water partition coefficient (Wildman–Crippen LogP) is 29.7. The fourth-order valence-electron chi connectivity index (χ4n) is 20.1. The maximum absolute atomic E-state index is 15.2. The van der Waals surface area contributed by atoms with E-state index in [9.17, 15) is 15.8 Å². The number of anilines is 3. The molecule has 696 valence electrons. The Balaban J connectivity index is 0.608. The number of hydrogen-bond acceptors (Lipinski definition) is 15. The minimum atomic E-state index is -1.24. The maximum atomic E-state index is 15.2. The number of nitriles is 3. The van der Waals surface area contributed by atoms with Crippen LogP contribution in [-0.4, -0.2) is 32.7 Å². The Kier molecular flexibility index (Phi) is 23.6. The second-order valence-corrected chi connectivity index (χ2v) is 35.4. The van der Waals surface area contributed by atoms with Gasteiger partial charge in [0, 0.05) is 50.4 Å². The van der Waals surface area contributed by atoms with Gasteiger partial charge in [-0.1, -0.05) is 212 Å². The van der Waals surface area contributed by atoms with Crippen molar-refractivity contribution >= 4 is 51.8 Å². The van der Waals surface area contributed by atoms with Gasteiger partial charge in [0.05, 0.1) is 48.5 Å². The zero-order chi connectivity index (χ0) is 101. The molecule has 3 aliphatic heterocycles. The number of nitrogens with zero attached hydrogens (tertiary/aromatic N) is 12. The minimum Gasteiger partial charge on any atom is -0.459 e. The van der Waals surface area contributed by atoms with Crippen molar-refractivity contribution in [2.75, 3.05) is 14.7 Å². The monoisotopic (exact) mass is 1900 g/mol. The molecule has 3 aliphatic rings. The highest BCUT2D eigenvalue weighted by Gasteiger charge is 2.56. The SMILES string of the molecule is [C-]#[N+]c1cc(Oc2ccc(C3(c4ccc(Oc5ccc(-c6nc(-c7ccc(Oc8ccc(C9(c%10ccc(Oc%11ccc(C)c(C#N)c%11)cc%10)c%10ccccc%10C(=O)N9c9ccccc9)cc8)cc7[N+]#[C-])nc(-c7ccc(Oc8ccc(C9(c%10ccc(Oc%11ccc(C)c(C#N)c%11)cc%10)c%10ccccc%10C(=O)N9c9ccccc9)cc8)cc7[N+]#[C-])n6)c(C#N)c5)cc4)c4ccccc4C(=O)N3c3ccccc3)cc2)ccc1C. The Morgan fingerprint density at radius 2 is 0.463 bits per heavy atom. The van der Waals surface area contributed by atoms with Gasteiger partial charge in [-0.3, -0.25) is 29.1 Å². The van der Waals surface area contributed by atoms with Gasteiger partial charge in [0.25, 0.3) is 17.7 Å². The number of para-hydroxylation sites is 3. The van der Waals surface area contributed by atoms with Crippen molar-refractivity contribution in [3.63, 3.8) is 0 Å². The van der Waals surface area contributed by atoms with Gasteiger partial charge in [0.15, 0.2) is 23.2 Å². The lowest BCUT2D eigenvalue weighted by molar-refractivity contribution is 0.0978. The molecule has 3 atom stereocenters. The first kappa shape index (κ1) is 91.2. The van der Waals surface area contributed by atoms with Crippen LogP contribution in [0.15, 0.2) is 419 Å². The third-order valence-electron chi connectivity index (χ3n) is 27.0. The molecule has 3 amide bonds. The maximum Gasteiger partial charge on any atom is 0.260 e. The Morgan fingerprint density at radius 3 is 0.741 bits per heavy atom. The third kappa shape index (κ3) is 16.2. The van der Waals surface area contributed by atoms with Crippen LogP contribution in [0.1, 0.15) is 115 Å². The topological polar surface area (TPSA) is 239 Å². The van der Waals surface area contributed by atoms with E-state index < -0.39 is 16.6 Å². The van der Waals surface area contributed by atoms with Crippen LogP contribution in [-0.2, 0) is 16.6 Å².